The van der Waals surface area contributed by atoms with Gasteiger partial charge in [-0.2, -0.15) is 92.2 Å². The lowest BCUT2D eigenvalue weighted by Gasteiger charge is -2.44. The molecule has 0 aromatic heterocycles. The largest absolute Gasteiger partial charge is 0.493 e. The standard InChI is InChI=1S/C20H11F21O3/c1-43-10(42)8-2-4-9(5-3-8)44-7-6-11(21,22)12(23,24)13(25,26)14(27,28)15(29,30)16(31,32)17(33,34)18(35,36)19(37,38)20(39,40)41/h2-5H,6-7H2,1H3. The molecule has 0 fully saturated rings. The van der Waals surface area contributed by atoms with Gasteiger partial charge in [-0.15, -0.1) is 0 Å². The lowest BCUT2D eigenvalue weighted by Crippen LogP contribution is -2.76. The molecule has 0 aliphatic heterocycles. The van der Waals surface area contributed by atoms with E-state index in [-0.39, 0.29) is 5.56 Å². The summed E-state index contributed by atoms with van der Waals surface area (Å²) in [7, 11) is 0.901. The molecule has 0 saturated carbocycles. The third kappa shape index (κ3) is 5.53. The van der Waals surface area contributed by atoms with Gasteiger partial charge in [0.2, 0.25) is 0 Å². The van der Waals surface area contributed by atoms with Crippen LogP contribution in [0.25, 0.3) is 0 Å². The van der Waals surface area contributed by atoms with Crippen LogP contribution in [-0.2, 0) is 4.74 Å². The Morgan fingerprint density at radius 2 is 0.841 bits per heavy atom. The predicted molar refractivity (Wildman–Crippen MR) is 98.5 cm³/mol. The number of alkyl halides is 21. The van der Waals surface area contributed by atoms with E-state index in [2.05, 4.69) is 9.47 Å². The van der Waals surface area contributed by atoms with Crippen LogP contribution in [0.1, 0.15) is 16.8 Å². The Morgan fingerprint density at radius 3 is 1.16 bits per heavy atom. The number of ether oxygens (including phenoxy) is 2. The molecular weight excluding hydrogens is 687 g/mol. The van der Waals surface area contributed by atoms with Crippen molar-refractivity contribution in [1.29, 1.82) is 0 Å². The van der Waals surface area contributed by atoms with E-state index in [9.17, 15) is 97.0 Å². The first-order valence-corrected chi connectivity index (χ1v) is 10.5. The molecule has 0 unspecified atom stereocenters. The number of methoxy groups -OCH3 is 1. The molecule has 3 nitrogen and oxygen atoms in total. The Balaban J connectivity index is 3.45. The maximum absolute atomic E-state index is 13.9. The fourth-order valence-corrected chi connectivity index (χ4v) is 2.85. The van der Waals surface area contributed by atoms with Gasteiger partial charge in [0, 0.05) is 0 Å². The lowest BCUT2D eigenvalue weighted by molar-refractivity contribution is -0.474. The third-order valence-corrected chi connectivity index (χ3v) is 5.54. The molecule has 0 radical (unpaired) electrons. The van der Waals surface area contributed by atoms with E-state index >= 15 is 0 Å². The highest BCUT2D eigenvalue weighted by Gasteiger charge is 2.97. The number of benzene rings is 1. The quantitative estimate of drug-likeness (QED) is 0.153. The number of hydrogen-bond donors (Lipinski definition) is 0. The van der Waals surface area contributed by atoms with Gasteiger partial charge in [0.25, 0.3) is 0 Å². The molecular formula is C20H11F21O3. The second-order valence-corrected chi connectivity index (χ2v) is 8.41. The normalized spacial score (nSPS) is 15.3. The minimum Gasteiger partial charge on any atom is -0.493 e. The van der Waals surface area contributed by atoms with Gasteiger partial charge in [0.05, 0.1) is 25.7 Å². The van der Waals surface area contributed by atoms with Gasteiger partial charge in [-0.3, -0.25) is 0 Å². The second-order valence-electron chi connectivity index (χ2n) is 8.41. The van der Waals surface area contributed by atoms with Gasteiger partial charge < -0.3 is 9.47 Å². The summed E-state index contributed by atoms with van der Waals surface area (Å²) in [6.45, 7) is -1.94. The molecule has 0 bridgehead atoms. The fraction of sp³-hybridized carbons (Fsp3) is 0.650. The first-order chi connectivity index (χ1) is 19.2. The van der Waals surface area contributed by atoms with Crippen molar-refractivity contribution in [3.63, 3.8) is 0 Å². The number of carbonyl (C=O) groups excluding carboxylic acids is 1. The van der Waals surface area contributed by atoms with E-state index in [4.69, 9.17) is 0 Å². The molecule has 1 rings (SSSR count). The molecule has 1 aromatic carbocycles. The van der Waals surface area contributed by atoms with E-state index in [1.165, 1.54) is 0 Å². The zero-order chi connectivity index (χ0) is 35.4. The predicted octanol–water partition coefficient (Wildman–Crippen LogP) is 8.52. The van der Waals surface area contributed by atoms with Gasteiger partial charge in [0.1, 0.15) is 5.75 Å². The zero-order valence-corrected chi connectivity index (χ0v) is 20.4. The highest BCUT2D eigenvalue weighted by atomic mass is 19.4. The fourth-order valence-electron chi connectivity index (χ4n) is 2.85. The van der Waals surface area contributed by atoms with Crippen LogP contribution >= 0.6 is 0 Å². The van der Waals surface area contributed by atoms with Crippen LogP contribution in [-0.4, -0.2) is 79.2 Å². The number of halogens is 21. The van der Waals surface area contributed by atoms with E-state index in [0.29, 0.717) is 12.1 Å². The smallest absolute Gasteiger partial charge is 0.460 e. The highest BCUT2D eigenvalue weighted by molar-refractivity contribution is 5.89. The van der Waals surface area contributed by atoms with Crippen molar-refractivity contribution < 1.29 is 106 Å². The molecule has 0 spiro atoms. The monoisotopic (exact) mass is 698 g/mol. The SMILES string of the molecule is COC(=O)c1ccc(OCCC(F)(F)C(F)(F)C(F)(F)C(F)(F)C(F)(F)C(F)(F)C(F)(F)C(F)(F)C(F)(F)C(F)(F)F)cc1. The van der Waals surface area contributed by atoms with Crippen LogP contribution in [0.5, 0.6) is 5.75 Å². The number of rotatable bonds is 13. The Hall–Kier alpha value is -2.98. The summed E-state index contributed by atoms with van der Waals surface area (Å²) in [5.74, 6) is -79.0. The van der Waals surface area contributed by atoms with E-state index in [1.54, 1.807) is 0 Å². The Morgan fingerprint density at radius 1 is 0.523 bits per heavy atom. The van der Waals surface area contributed by atoms with Crippen molar-refractivity contribution in [2.24, 2.45) is 0 Å². The van der Waals surface area contributed by atoms with E-state index in [0.717, 1.165) is 19.2 Å². The summed E-state index contributed by atoms with van der Waals surface area (Å²) in [6.07, 6.45) is -10.9. The maximum atomic E-state index is 13.9. The molecule has 0 saturated heterocycles. The summed E-state index contributed by atoms with van der Waals surface area (Å²) in [6, 6.07) is 3.09. The summed E-state index contributed by atoms with van der Waals surface area (Å²) in [5, 5.41) is 0. The molecule has 0 N–H and O–H groups in total. The Kier molecular flexibility index (Phi) is 9.87. The van der Waals surface area contributed by atoms with Crippen LogP contribution in [0, 0.1) is 0 Å². The molecule has 0 amide bonds. The first kappa shape index (κ1) is 39.0. The van der Waals surface area contributed by atoms with Crippen LogP contribution in [0.3, 0.4) is 0 Å². The molecule has 1 aromatic rings. The lowest BCUT2D eigenvalue weighted by atomic mass is 9.86. The van der Waals surface area contributed by atoms with Gasteiger partial charge in [-0.05, 0) is 24.3 Å². The van der Waals surface area contributed by atoms with Gasteiger partial charge in [-0.1, -0.05) is 0 Å². The van der Waals surface area contributed by atoms with Crippen molar-refractivity contribution in [3.05, 3.63) is 29.8 Å². The first-order valence-electron chi connectivity index (χ1n) is 10.5. The third-order valence-electron chi connectivity index (χ3n) is 5.54. The molecule has 44 heavy (non-hydrogen) atoms. The maximum Gasteiger partial charge on any atom is 0.460 e. The highest BCUT2D eigenvalue weighted by Crippen LogP contribution is 2.66. The molecule has 256 valence electrons. The topological polar surface area (TPSA) is 35.5 Å². The molecule has 24 heteroatoms. The number of esters is 1. The number of carbonyl (C=O) groups is 1. The van der Waals surface area contributed by atoms with E-state index < -0.39 is 84.2 Å². The van der Waals surface area contributed by atoms with Crippen LogP contribution in [0.15, 0.2) is 24.3 Å². The second kappa shape index (κ2) is 11.1. The summed E-state index contributed by atoms with van der Waals surface area (Å²) in [4.78, 5) is 11.2. The summed E-state index contributed by atoms with van der Waals surface area (Å²) in [5.41, 5.74) is -0.248. The summed E-state index contributed by atoms with van der Waals surface area (Å²) < 4.78 is 289. The minimum absolute atomic E-state index is 0.248. The van der Waals surface area contributed by atoms with Gasteiger partial charge >= 0.3 is 65.4 Å². The van der Waals surface area contributed by atoms with Crippen LogP contribution in [0.2, 0.25) is 0 Å². The average molecular weight is 698 g/mol. The van der Waals surface area contributed by atoms with Crippen molar-refractivity contribution in [2.75, 3.05) is 13.7 Å². The van der Waals surface area contributed by atoms with Gasteiger partial charge in [0.15, 0.2) is 0 Å². The van der Waals surface area contributed by atoms with Crippen molar-refractivity contribution in [1.82, 2.24) is 0 Å². The van der Waals surface area contributed by atoms with Gasteiger partial charge in [-0.25, -0.2) is 4.79 Å². The summed E-state index contributed by atoms with van der Waals surface area (Å²) >= 11 is 0. The molecule has 0 heterocycles. The number of hydrogen-bond acceptors (Lipinski definition) is 3. The van der Waals surface area contributed by atoms with Crippen LogP contribution in [0.4, 0.5) is 92.2 Å². The minimum atomic E-state index is -9.21. The molecule has 0 atom stereocenters. The average Bonchev–Trinajstić information content (AvgIpc) is 2.86. The van der Waals surface area contributed by atoms with E-state index in [1.807, 2.05) is 0 Å². The van der Waals surface area contributed by atoms with Crippen LogP contribution < -0.4 is 4.74 Å². The van der Waals surface area contributed by atoms with Crippen molar-refractivity contribution in [2.45, 2.75) is 65.9 Å². The van der Waals surface area contributed by atoms with Crippen molar-refractivity contribution >= 4 is 5.97 Å². The Labute approximate surface area is 228 Å². The Bertz CT molecular complexity index is 1170. The van der Waals surface area contributed by atoms with Crippen molar-refractivity contribution in [3.8, 4) is 5.75 Å². The zero-order valence-electron chi connectivity index (χ0n) is 20.4. The molecule has 0 aliphatic carbocycles. The molecule has 0 aliphatic rings.